The first kappa shape index (κ1) is 21.9. The molecule has 26 heavy (non-hydrogen) atoms. The zero-order chi connectivity index (χ0) is 20.0. The Balaban J connectivity index is 2.63. The van der Waals surface area contributed by atoms with Gasteiger partial charge in [-0.15, -0.1) is 0 Å². The number of amides is 2. The highest BCUT2D eigenvalue weighted by atomic mass is 19.1. The molecule has 0 spiro atoms. The number of hydrogen-bond donors (Lipinski definition) is 2. The van der Waals surface area contributed by atoms with Gasteiger partial charge in [-0.25, -0.2) is 18.4 Å². The number of carbonyl (C=O) groups is 2. The van der Waals surface area contributed by atoms with Crippen molar-refractivity contribution < 1.29 is 23.1 Å². The second-order valence-corrected chi connectivity index (χ2v) is 7.35. The van der Waals surface area contributed by atoms with E-state index >= 15 is 0 Å². The first-order chi connectivity index (χ1) is 12.0. The third kappa shape index (κ3) is 6.28. The van der Waals surface area contributed by atoms with Crippen LogP contribution in [-0.4, -0.2) is 30.3 Å². The van der Waals surface area contributed by atoms with Gasteiger partial charge < -0.3 is 15.4 Å². The van der Waals surface area contributed by atoms with E-state index in [9.17, 15) is 18.4 Å². The third-order valence-corrected chi connectivity index (χ3v) is 4.79. The van der Waals surface area contributed by atoms with Gasteiger partial charge in [0.15, 0.2) is 6.17 Å². The fraction of sp³-hybridized carbons (Fsp3) is 0.579. The van der Waals surface area contributed by atoms with E-state index in [2.05, 4.69) is 15.4 Å². The van der Waals surface area contributed by atoms with E-state index in [4.69, 9.17) is 0 Å². The minimum atomic E-state index is -1.68. The molecule has 0 radical (unpaired) electrons. The molecule has 146 valence electrons. The lowest BCUT2D eigenvalue weighted by Crippen LogP contribution is -2.55. The summed E-state index contributed by atoms with van der Waals surface area (Å²) in [6, 6.07) is 4.97. The van der Waals surface area contributed by atoms with Crippen molar-refractivity contribution in [3.8, 4) is 0 Å². The molecule has 0 aliphatic heterocycles. The summed E-state index contributed by atoms with van der Waals surface area (Å²) in [5.41, 5.74) is -0.723. The molecule has 1 unspecified atom stereocenters. The van der Waals surface area contributed by atoms with Crippen molar-refractivity contribution in [1.82, 2.24) is 5.32 Å². The van der Waals surface area contributed by atoms with Gasteiger partial charge in [-0.1, -0.05) is 13.8 Å². The molecule has 1 aromatic rings. The summed E-state index contributed by atoms with van der Waals surface area (Å²) in [5.74, 6) is -1.25. The van der Waals surface area contributed by atoms with Gasteiger partial charge in [0.25, 0.3) is 0 Å². The molecular formula is C19H28F2N2O3. The molecule has 0 saturated carbocycles. The molecular weight excluding hydrogens is 342 g/mol. The summed E-state index contributed by atoms with van der Waals surface area (Å²) in [5, 5.41) is 5.49. The van der Waals surface area contributed by atoms with Crippen LogP contribution in [0, 0.1) is 11.2 Å². The van der Waals surface area contributed by atoms with Gasteiger partial charge in [-0.05, 0) is 63.3 Å². The van der Waals surface area contributed by atoms with E-state index in [1.807, 2.05) is 27.7 Å². The van der Waals surface area contributed by atoms with Crippen molar-refractivity contribution in [3.05, 3.63) is 30.1 Å². The van der Waals surface area contributed by atoms with Crippen LogP contribution in [0.25, 0.3) is 0 Å². The maximum absolute atomic E-state index is 13.9. The predicted molar refractivity (Wildman–Crippen MR) is 97.2 cm³/mol. The van der Waals surface area contributed by atoms with Crippen LogP contribution < -0.4 is 10.6 Å². The van der Waals surface area contributed by atoms with Gasteiger partial charge in [-0.3, -0.25) is 0 Å². The van der Waals surface area contributed by atoms with Crippen molar-refractivity contribution >= 4 is 17.7 Å². The summed E-state index contributed by atoms with van der Waals surface area (Å²) in [6.45, 7) is 9.20. The highest BCUT2D eigenvalue weighted by Crippen LogP contribution is 2.36. The number of benzene rings is 1. The Bertz CT molecular complexity index is 616. The smallest absolute Gasteiger partial charge is 0.340 e. The standard InChI is InChI=1S/C19H28F2N2O3/c1-6-26-16(24)15(21)11-12-18(2,3)19(4,5)23-17(25)22-14-9-7-13(20)8-10-14/h7-10,15H,6,11-12H2,1-5H3,(H2,22,23,25). The average molecular weight is 370 g/mol. The van der Waals surface area contributed by atoms with E-state index in [0.29, 0.717) is 12.1 Å². The first-order valence-corrected chi connectivity index (χ1v) is 8.64. The topological polar surface area (TPSA) is 67.4 Å². The van der Waals surface area contributed by atoms with Crippen molar-refractivity contribution in [2.75, 3.05) is 11.9 Å². The van der Waals surface area contributed by atoms with Gasteiger partial charge in [0.05, 0.1) is 6.61 Å². The molecule has 1 atom stereocenters. The zero-order valence-electron chi connectivity index (χ0n) is 16.0. The van der Waals surface area contributed by atoms with Gasteiger partial charge in [0, 0.05) is 11.2 Å². The summed E-state index contributed by atoms with van der Waals surface area (Å²) in [6.07, 6.45) is -1.30. The molecule has 1 aromatic carbocycles. The Kier molecular flexibility index (Phi) is 7.54. The van der Waals surface area contributed by atoms with Crippen molar-refractivity contribution in [2.24, 2.45) is 5.41 Å². The minimum Gasteiger partial charge on any atom is -0.464 e. The number of nitrogens with one attached hydrogen (secondary N) is 2. The fourth-order valence-corrected chi connectivity index (χ4v) is 2.30. The highest BCUT2D eigenvalue weighted by Gasteiger charge is 2.39. The Labute approximate surface area is 153 Å². The Morgan fingerprint density at radius 2 is 1.73 bits per heavy atom. The quantitative estimate of drug-likeness (QED) is 0.665. The molecule has 0 aliphatic rings. The summed E-state index contributed by atoms with van der Waals surface area (Å²) >= 11 is 0. The normalized spacial score (nSPS) is 13.0. The van der Waals surface area contributed by atoms with Crippen LogP contribution in [0.4, 0.5) is 19.3 Å². The van der Waals surface area contributed by atoms with Crippen molar-refractivity contribution in [1.29, 1.82) is 0 Å². The monoisotopic (exact) mass is 370 g/mol. The van der Waals surface area contributed by atoms with Gasteiger partial charge in [-0.2, -0.15) is 0 Å². The van der Waals surface area contributed by atoms with Crippen LogP contribution >= 0.6 is 0 Å². The number of alkyl halides is 1. The molecule has 0 heterocycles. The number of esters is 1. The van der Waals surface area contributed by atoms with Gasteiger partial charge >= 0.3 is 12.0 Å². The summed E-state index contributed by atoms with van der Waals surface area (Å²) in [4.78, 5) is 23.6. The molecule has 0 aliphatic carbocycles. The Morgan fingerprint density at radius 3 is 2.27 bits per heavy atom. The van der Waals surface area contributed by atoms with E-state index in [1.165, 1.54) is 24.3 Å². The van der Waals surface area contributed by atoms with Crippen LogP contribution in [0.5, 0.6) is 0 Å². The SMILES string of the molecule is CCOC(=O)C(F)CCC(C)(C)C(C)(C)NC(=O)Nc1ccc(F)cc1. The van der Waals surface area contributed by atoms with Gasteiger partial charge in [0.1, 0.15) is 5.82 Å². The van der Waals surface area contributed by atoms with Crippen LogP contribution in [0.15, 0.2) is 24.3 Å². The number of urea groups is 1. The predicted octanol–water partition coefficient (Wildman–Crippen LogP) is 4.43. The van der Waals surface area contributed by atoms with Crippen molar-refractivity contribution in [3.63, 3.8) is 0 Å². The van der Waals surface area contributed by atoms with Gasteiger partial charge in [0.2, 0.25) is 0 Å². The lowest BCUT2D eigenvalue weighted by Gasteiger charge is -2.42. The molecule has 0 aromatic heterocycles. The fourth-order valence-electron chi connectivity index (χ4n) is 2.30. The average Bonchev–Trinajstić information content (AvgIpc) is 2.54. The molecule has 2 N–H and O–H groups in total. The minimum absolute atomic E-state index is 0.0104. The van der Waals surface area contributed by atoms with E-state index < -0.39 is 29.1 Å². The maximum Gasteiger partial charge on any atom is 0.340 e. The summed E-state index contributed by atoms with van der Waals surface area (Å²) < 4.78 is 31.5. The van der Waals surface area contributed by atoms with E-state index in [1.54, 1.807) is 6.92 Å². The number of carbonyl (C=O) groups excluding carboxylic acids is 2. The maximum atomic E-state index is 13.9. The molecule has 1 rings (SSSR count). The number of ether oxygens (including phenoxy) is 1. The van der Waals surface area contributed by atoms with Crippen LogP contribution in [0.1, 0.15) is 47.5 Å². The number of hydrogen-bond acceptors (Lipinski definition) is 3. The summed E-state index contributed by atoms with van der Waals surface area (Å²) in [7, 11) is 0. The second-order valence-electron chi connectivity index (χ2n) is 7.35. The molecule has 2 amide bonds. The van der Waals surface area contributed by atoms with Crippen LogP contribution in [0.2, 0.25) is 0 Å². The first-order valence-electron chi connectivity index (χ1n) is 8.64. The molecule has 5 nitrogen and oxygen atoms in total. The third-order valence-electron chi connectivity index (χ3n) is 4.79. The van der Waals surface area contributed by atoms with E-state index in [-0.39, 0.29) is 18.8 Å². The Morgan fingerprint density at radius 1 is 1.15 bits per heavy atom. The zero-order valence-corrected chi connectivity index (χ0v) is 16.0. The van der Waals surface area contributed by atoms with Crippen LogP contribution in [0.3, 0.4) is 0 Å². The number of rotatable bonds is 8. The number of anilines is 1. The van der Waals surface area contributed by atoms with Crippen molar-refractivity contribution in [2.45, 2.75) is 59.2 Å². The molecule has 7 heteroatoms. The van der Waals surface area contributed by atoms with Crippen LogP contribution in [-0.2, 0) is 9.53 Å². The molecule has 0 fully saturated rings. The number of halogens is 2. The highest BCUT2D eigenvalue weighted by molar-refractivity contribution is 5.89. The van der Waals surface area contributed by atoms with E-state index in [0.717, 1.165) is 0 Å². The molecule has 0 bridgehead atoms. The lowest BCUT2D eigenvalue weighted by atomic mass is 9.71. The Hall–Kier alpha value is -2.18. The lowest BCUT2D eigenvalue weighted by molar-refractivity contribution is -0.149. The largest absolute Gasteiger partial charge is 0.464 e. The molecule has 0 saturated heterocycles. The second kappa shape index (κ2) is 8.96.